The van der Waals surface area contributed by atoms with Crippen molar-refractivity contribution in [3.8, 4) is 11.3 Å². The SMILES string of the molecule is [B]c1cc(C)cc(Nc2nnc(-c3ccc(C(=O)OC)cc3)c3ccccc23)c1. The summed E-state index contributed by atoms with van der Waals surface area (Å²) in [5.74, 6) is 0.282. The number of carbonyl (C=O) groups excluding carboxylic acids is 1. The highest BCUT2D eigenvalue weighted by Crippen LogP contribution is 2.31. The molecule has 3 aromatic carbocycles. The minimum Gasteiger partial charge on any atom is -0.465 e. The third-order valence-corrected chi connectivity index (χ3v) is 4.63. The van der Waals surface area contributed by atoms with Gasteiger partial charge in [0.2, 0.25) is 0 Å². The van der Waals surface area contributed by atoms with Gasteiger partial charge >= 0.3 is 5.97 Å². The zero-order valence-electron chi connectivity index (χ0n) is 16.1. The molecule has 0 saturated carbocycles. The van der Waals surface area contributed by atoms with Crippen molar-refractivity contribution in [2.24, 2.45) is 0 Å². The average Bonchev–Trinajstić information content (AvgIpc) is 2.73. The topological polar surface area (TPSA) is 64.1 Å². The molecule has 0 aliphatic rings. The third-order valence-electron chi connectivity index (χ3n) is 4.63. The Morgan fingerprint density at radius 3 is 2.38 bits per heavy atom. The molecule has 0 spiro atoms. The molecule has 140 valence electrons. The van der Waals surface area contributed by atoms with Gasteiger partial charge in [0, 0.05) is 22.0 Å². The van der Waals surface area contributed by atoms with Crippen LogP contribution in [0.1, 0.15) is 15.9 Å². The van der Waals surface area contributed by atoms with Crippen LogP contribution in [0, 0.1) is 6.92 Å². The smallest absolute Gasteiger partial charge is 0.337 e. The maximum Gasteiger partial charge on any atom is 0.337 e. The van der Waals surface area contributed by atoms with Crippen LogP contribution >= 0.6 is 0 Å². The molecule has 0 fully saturated rings. The summed E-state index contributed by atoms with van der Waals surface area (Å²) >= 11 is 0. The largest absolute Gasteiger partial charge is 0.465 e. The fourth-order valence-electron chi connectivity index (χ4n) is 3.31. The normalized spacial score (nSPS) is 10.7. The van der Waals surface area contributed by atoms with Gasteiger partial charge in [-0.3, -0.25) is 0 Å². The van der Waals surface area contributed by atoms with Gasteiger partial charge in [-0.15, -0.1) is 10.2 Å². The van der Waals surface area contributed by atoms with Gasteiger partial charge in [-0.1, -0.05) is 47.9 Å². The Morgan fingerprint density at radius 1 is 0.966 bits per heavy atom. The summed E-state index contributed by atoms with van der Waals surface area (Å²) in [6.07, 6.45) is 0. The van der Waals surface area contributed by atoms with E-state index in [0.717, 1.165) is 33.3 Å². The zero-order chi connectivity index (χ0) is 20.4. The van der Waals surface area contributed by atoms with E-state index in [2.05, 4.69) is 15.5 Å². The maximum absolute atomic E-state index is 11.7. The Bertz CT molecular complexity index is 1190. The molecule has 29 heavy (non-hydrogen) atoms. The lowest BCUT2D eigenvalue weighted by Gasteiger charge is -2.12. The van der Waals surface area contributed by atoms with E-state index in [0.29, 0.717) is 16.8 Å². The Labute approximate surface area is 170 Å². The molecule has 6 heteroatoms. The lowest BCUT2D eigenvalue weighted by Crippen LogP contribution is -2.06. The molecule has 2 radical (unpaired) electrons. The van der Waals surface area contributed by atoms with Crippen LogP contribution in [0.5, 0.6) is 0 Å². The fraction of sp³-hybridized carbons (Fsp3) is 0.0870. The molecule has 0 saturated heterocycles. The number of fused-ring (bicyclic) bond motifs is 1. The van der Waals surface area contributed by atoms with E-state index in [1.165, 1.54) is 7.11 Å². The highest BCUT2D eigenvalue weighted by molar-refractivity contribution is 6.32. The van der Waals surface area contributed by atoms with E-state index >= 15 is 0 Å². The number of aryl methyl sites for hydroxylation is 1. The van der Waals surface area contributed by atoms with Gasteiger partial charge in [0.1, 0.15) is 13.5 Å². The van der Waals surface area contributed by atoms with Gasteiger partial charge in [-0.25, -0.2) is 4.79 Å². The predicted molar refractivity (Wildman–Crippen MR) is 116 cm³/mol. The Kier molecular flexibility index (Phi) is 5.00. The van der Waals surface area contributed by atoms with Crippen molar-refractivity contribution in [3.63, 3.8) is 0 Å². The lowest BCUT2D eigenvalue weighted by atomic mass is 9.94. The summed E-state index contributed by atoms with van der Waals surface area (Å²) in [6, 6.07) is 20.8. The van der Waals surface area contributed by atoms with Crippen LogP contribution in [0.2, 0.25) is 0 Å². The van der Waals surface area contributed by atoms with Crippen molar-refractivity contribution in [3.05, 3.63) is 77.9 Å². The van der Waals surface area contributed by atoms with Crippen LogP contribution in [0.15, 0.2) is 66.7 Å². The van der Waals surface area contributed by atoms with Crippen molar-refractivity contribution in [2.45, 2.75) is 6.92 Å². The van der Waals surface area contributed by atoms with Crippen LogP contribution < -0.4 is 10.8 Å². The molecule has 1 aromatic heterocycles. The van der Waals surface area contributed by atoms with Gasteiger partial charge < -0.3 is 10.1 Å². The summed E-state index contributed by atoms with van der Waals surface area (Å²) in [7, 11) is 7.32. The highest BCUT2D eigenvalue weighted by atomic mass is 16.5. The number of methoxy groups -OCH3 is 1. The molecular formula is C23H18BN3O2. The van der Waals surface area contributed by atoms with Gasteiger partial charge in [0.25, 0.3) is 0 Å². The first-order chi connectivity index (χ1) is 14.0. The summed E-state index contributed by atoms with van der Waals surface area (Å²) < 4.78 is 4.76. The second kappa shape index (κ2) is 7.76. The fourth-order valence-corrected chi connectivity index (χ4v) is 3.31. The number of carbonyl (C=O) groups is 1. The second-order valence-corrected chi connectivity index (χ2v) is 6.77. The molecule has 0 amide bonds. The molecule has 0 bridgehead atoms. The third kappa shape index (κ3) is 3.83. The van der Waals surface area contributed by atoms with E-state index in [1.54, 1.807) is 12.1 Å². The van der Waals surface area contributed by atoms with Gasteiger partial charge in [-0.05, 0) is 36.8 Å². The van der Waals surface area contributed by atoms with E-state index in [4.69, 9.17) is 12.6 Å². The average molecular weight is 379 g/mol. The van der Waals surface area contributed by atoms with Crippen LogP contribution in [0.4, 0.5) is 11.5 Å². The minimum absolute atomic E-state index is 0.371. The van der Waals surface area contributed by atoms with E-state index in [-0.39, 0.29) is 5.97 Å². The summed E-state index contributed by atoms with van der Waals surface area (Å²) in [5, 5.41) is 14.1. The number of rotatable bonds is 4. The first kappa shape index (κ1) is 18.7. The number of aromatic nitrogens is 2. The van der Waals surface area contributed by atoms with Crippen LogP contribution in [0.25, 0.3) is 22.0 Å². The van der Waals surface area contributed by atoms with Crippen molar-refractivity contribution in [2.75, 3.05) is 12.4 Å². The van der Waals surface area contributed by atoms with Gasteiger partial charge in [0.05, 0.1) is 12.7 Å². The van der Waals surface area contributed by atoms with Gasteiger partial charge in [0.15, 0.2) is 5.82 Å². The molecule has 1 N–H and O–H groups in total. The Balaban J connectivity index is 1.76. The van der Waals surface area contributed by atoms with Crippen molar-refractivity contribution < 1.29 is 9.53 Å². The lowest BCUT2D eigenvalue weighted by molar-refractivity contribution is 0.0601. The molecule has 4 rings (SSSR count). The monoisotopic (exact) mass is 379 g/mol. The molecule has 0 unspecified atom stereocenters. The number of hydrogen-bond acceptors (Lipinski definition) is 5. The van der Waals surface area contributed by atoms with E-state index < -0.39 is 0 Å². The van der Waals surface area contributed by atoms with Crippen molar-refractivity contribution in [1.29, 1.82) is 0 Å². The molecule has 4 aromatic rings. The van der Waals surface area contributed by atoms with E-state index in [1.807, 2.05) is 61.5 Å². The van der Waals surface area contributed by atoms with Gasteiger partial charge in [-0.2, -0.15) is 0 Å². The zero-order valence-corrected chi connectivity index (χ0v) is 16.1. The number of ether oxygens (including phenoxy) is 1. The predicted octanol–water partition coefficient (Wildman–Crippen LogP) is 3.93. The maximum atomic E-state index is 11.7. The van der Waals surface area contributed by atoms with Crippen LogP contribution in [-0.4, -0.2) is 31.1 Å². The molecule has 0 aliphatic carbocycles. The summed E-state index contributed by atoms with van der Waals surface area (Å²) in [6.45, 7) is 1.99. The molecular weight excluding hydrogens is 361 g/mol. The minimum atomic E-state index is -0.371. The molecule has 1 heterocycles. The first-order valence-corrected chi connectivity index (χ1v) is 9.13. The molecule has 0 aliphatic heterocycles. The van der Waals surface area contributed by atoms with Crippen LogP contribution in [0.3, 0.4) is 0 Å². The number of nitrogens with zero attached hydrogens (tertiary/aromatic N) is 2. The number of nitrogens with one attached hydrogen (secondary N) is 1. The number of hydrogen-bond donors (Lipinski definition) is 1. The number of esters is 1. The van der Waals surface area contributed by atoms with Crippen LogP contribution in [-0.2, 0) is 4.74 Å². The Morgan fingerprint density at radius 2 is 1.69 bits per heavy atom. The number of benzene rings is 3. The molecule has 0 atom stereocenters. The number of anilines is 2. The second-order valence-electron chi connectivity index (χ2n) is 6.77. The summed E-state index contributed by atoms with van der Waals surface area (Å²) in [4.78, 5) is 11.7. The summed E-state index contributed by atoms with van der Waals surface area (Å²) in [5.41, 5.74) is 4.71. The standard InChI is InChI=1S/C23H18BN3O2/c1-14-11-17(24)13-18(12-14)25-22-20-6-4-3-5-19(20)21(26-27-22)15-7-9-16(10-8-15)23(28)29-2/h3-13H,1-2H3,(H,25,27). The van der Waals surface area contributed by atoms with Crippen molar-refractivity contribution in [1.82, 2.24) is 10.2 Å². The molecule has 5 nitrogen and oxygen atoms in total. The highest BCUT2D eigenvalue weighted by Gasteiger charge is 2.12. The van der Waals surface area contributed by atoms with E-state index in [9.17, 15) is 4.79 Å². The van der Waals surface area contributed by atoms with Crippen molar-refractivity contribution >= 4 is 41.6 Å². The quantitative estimate of drug-likeness (QED) is 0.430. The first-order valence-electron chi connectivity index (χ1n) is 9.13. The Hall–Kier alpha value is -3.67.